The summed E-state index contributed by atoms with van der Waals surface area (Å²) in [6, 6.07) is 11.4. The Labute approximate surface area is 200 Å². The minimum absolute atomic E-state index is 0. The first-order valence-corrected chi connectivity index (χ1v) is 11.7. The van der Waals surface area contributed by atoms with Gasteiger partial charge in [-0.3, -0.25) is 4.99 Å². The fourth-order valence-corrected chi connectivity index (χ4v) is 4.85. The molecular formula is C20H31IN4O3S2. The molecule has 7 nitrogen and oxygen atoms in total. The third kappa shape index (κ3) is 8.88. The van der Waals surface area contributed by atoms with E-state index in [0.29, 0.717) is 19.1 Å². The van der Waals surface area contributed by atoms with E-state index < -0.39 is 10.0 Å². The first-order chi connectivity index (χ1) is 13.8. The summed E-state index contributed by atoms with van der Waals surface area (Å²) in [6.07, 6.45) is 0.917. The molecule has 10 heteroatoms. The van der Waals surface area contributed by atoms with Crippen molar-refractivity contribution in [3.8, 4) is 0 Å². The van der Waals surface area contributed by atoms with Crippen LogP contribution < -0.4 is 15.4 Å². The smallest absolute Gasteiger partial charge is 0.240 e. The van der Waals surface area contributed by atoms with E-state index in [-0.39, 0.29) is 41.5 Å². The van der Waals surface area contributed by atoms with E-state index in [0.717, 1.165) is 12.0 Å². The Kier molecular flexibility index (Phi) is 11.9. The Bertz CT molecular complexity index is 916. The quantitative estimate of drug-likeness (QED) is 0.178. The number of rotatable bonds is 10. The number of nitrogens with one attached hydrogen (secondary N) is 3. The summed E-state index contributed by atoms with van der Waals surface area (Å²) >= 11 is 1.80. The number of thiophene rings is 1. The highest BCUT2D eigenvalue weighted by molar-refractivity contribution is 14.0. The molecule has 30 heavy (non-hydrogen) atoms. The summed E-state index contributed by atoms with van der Waals surface area (Å²) in [5.74, 6) is 0.678. The van der Waals surface area contributed by atoms with Crippen molar-refractivity contribution >= 4 is 51.3 Å². The Hall–Kier alpha value is -1.21. The summed E-state index contributed by atoms with van der Waals surface area (Å²) in [5, 5.41) is 6.62. The molecule has 2 rings (SSSR count). The molecule has 0 aliphatic carbocycles. The van der Waals surface area contributed by atoms with Crippen molar-refractivity contribution in [2.45, 2.75) is 37.8 Å². The van der Waals surface area contributed by atoms with Crippen molar-refractivity contribution in [1.82, 2.24) is 15.4 Å². The van der Waals surface area contributed by atoms with Gasteiger partial charge in [0, 0.05) is 49.5 Å². The standard InChI is InChI=1S/C20H30N4O3S2.HI/c1-15(12-18-9-8-16(2)28-18)24-20(21-3)22-14-17-6-5-7-19(13-17)29(25,26)23-10-11-27-4;/h5-9,13,15,23H,10-12,14H2,1-4H3,(H2,21,22,24);1H. The zero-order chi connectivity index (χ0) is 21.3. The number of hydrogen-bond acceptors (Lipinski definition) is 5. The summed E-state index contributed by atoms with van der Waals surface area (Å²) < 4.78 is 32.1. The van der Waals surface area contributed by atoms with E-state index in [4.69, 9.17) is 4.74 Å². The molecular weight excluding hydrogens is 535 g/mol. The van der Waals surface area contributed by atoms with E-state index in [9.17, 15) is 8.42 Å². The second-order valence-corrected chi connectivity index (χ2v) is 9.87. The first-order valence-electron chi connectivity index (χ1n) is 9.44. The lowest BCUT2D eigenvalue weighted by Crippen LogP contribution is -2.42. The van der Waals surface area contributed by atoms with Gasteiger partial charge in [0.1, 0.15) is 0 Å². The highest BCUT2D eigenvalue weighted by atomic mass is 127. The number of aryl methyl sites for hydroxylation is 1. The summed E-state index contributed by atoms with van der Waals surface area (Å²) in [5.41, 5.74) is 0.851. The number of aliphatic imine (C=N–C) groups is 1. The minimum atomic E-state index is -3.55. The van der Waals surface area contributed by atoms with Gasteiger partial charge in [-0.2, -0.15) is 0 Å². The van der Waals surface area contributed by atoms with Gasteiger partial charge < -0.3 is 15.4 Å². The second-order valence-electron chi connectivity index (χ2n) is 6.73. The number of sulfonamides is 1. The van der Waals surface area contributed by atoms with Crippen LogP contribution in [0.5, 0.6) is 0 Å². The Morgan fingerprint density at radius 1 is 1.27 bits per heavy atom. The first kappa shape index (κ1) is 26.8. The Morgan fingerprint density at radius 3 is 2.67 bits per heavy atom. The largest absolute Gasteiger partial charge is 0.383 e. The maximum atomic E-state index is 12.4. The van der Waals surface area contributed by atoms with E-state index in [1.807, 2.05) is 6.07 Å². The van der Waals surface area contributed by atoms with Crippen LogP contribution in [0.3, 0.4) is 0 Å². The Balaban J connectivity index is 0.00000450. The van der Waals surface area contributed by atoms with Crippen LogP contribution >= 0.6 is 35.3 Å². The molecule has 0 aliphatic rings. The van der Waals surface area contributed by atoms with Crippen LogP contribution in [0.1, 0.15) is 22.2 Å². The average molecular weight is 567 g/mol. The monoisotopic (exact) mass is 566 g/mol. The van der Waals surface area contributed by atoms with E-state index in [1.54, 1.807) is 36.6 Å². The van der Waals surface area contributed by atoms with Crippen LogP contribution in [-0.2, 0) is 27.7 Å². The van der Waals surface area contributed by atoms with Crippen LogP contribution in [0.2, 0.25) is 0 Å². The number of halogens is 1. The third-order valence-electron chi connectivity index (χ3n) is 4.18. The van der Waals surface area contributed by atoms with Gasteiger partial charge in [-0.1, -0.05) is 12.1 Å². The number of hydrogen-bond donors (Lipinski definition) is 3. The average Bonchev–Trinajstić information content (AvgIpc) is 3.10. The molecule has 1 aromatic heterocycles. The Morgan fingerprint density at radius 2 is 2.03 bits per heavy atom. The lowest BCUT2D eigenvalue weighted by Gasteiger charge is -2.17. The molecule has 0 spiro atoms. The lowest BCUT2D eigenvalue weighted by atomic mass is 10.2. The molecule has 2 aromatic rings. The molecule has 0 saturated carbocycles. The number of guanidine groups is 1. The predicted octanol–water partition coefficient (Wildman–Crippen LogP) is 2.90. The summed E-state index contributed by atoms with van der Waals surface area (Å²) in [4.78, 5) is 7.14. The molecule has 168 valence electrons. The van der Waals surface area contributed by atoms with Crippen LogP contribution in [0.25, 0.3) is 0 Å². The fraction of sp³-hybridized carbons (Fsp3) is 0.450. The van der Waals surface area contributed by atoms with Crippen LogP contribution in [-0.4, -0.2) is 47.7 Å². The molecule has 1 atom stereocenters. The van der Waals surface area contributed by atoms with Gasteiger partial charge in [0.15, 0.2) is 5.96 Å². The summed E-state index contributed by atoms with van der Waals surface area (Å²) in [7, 11) is -0.301. The van der Waals surface area contributed by atoms with Gasteiger partial charge in [0.05, 0.1) is 11.5 Å². The zero-order valence-corrected chi connectivity index (χ0v) is 21.7. The van der Waals surface area contributed by atoms with Gasteiger partial charge in [0.25, 0.3) is 0 Å². The number of benzene rings is 1. The SMILES string of the molecule is CN=C(NCc1cccc(S(=O)(=O)NCCOC)c1)NC(C)Cc1ccc(C)s1.I. The minimum Gasteiger partial charge on any atom is -0.383 e. The van der Waals surface area contributed by atoms with Crippen molar-refractivity contribution in [2.24, 2.45) is 4.99 Å². The van der Waals surface area contributed by atoms with Crippen molar-refractivity contribution < 1.29 is 13.2 Å². The zero-order valence-electron chi connectivity index (χ0n) is 17.8. The lowest BCUT2D eigenvalue weighted by molar-refractivity contribution is 0.204. The fourth-order valence-electron chi connectivity index (χ4n) is 2.75. The molecule has 0 radical (unpaired) electrons. The topological polar surface area (TPSA) is 91.8 Å². The van der Waals surface area contributed by atoms with E-state index >= 15 is 0 Å². The van der Waals surface area contributed by atoms with Crippen LogP contribution in [0, 0.1) is 6.92 Å². The maximum absolute atomic E-state index is 12.4. The van der Waals surface area contributed by atoms with Crippen molar-refractivity contribution in [1.29, 1.82) is 0 Å². The molecule has 0 bridgehead atoms. The molecule has 0 fully saturated rings. The summed E-state index contributed by atoms with van der Waals surface area (Å²) in [6.45, 7) is 5.24. The third-order valence-corrected chi connectivity index (χ3v) is 6.66. The molecule has 1 unspecified atom stereocenters. The van der Waals surface area contributed by atoms with Gasteiger partial charge >= 0.3 is 0 Å². The predicted molar refractivity (Wildman–Crippen MR) is 134 cm³/mol. The van der Waals surface area contributed by atoms with Crippen molar-refractivity contribution in [3.63, 3.8) is 0 Å². The highest BCUT2D eigenvalue weighted by Gasteiger charge is 2.14. The second kappa shape index (κ2) is 13.3. The van der Waals surface area contributed by atoms with E-state index in [2.05, 4.69) is 46.3 Å². The molecule has 1 heterocycles. The number of nitrogens with zero attached hydrogens (tertiary/aromatic N) is 1. The maximum Gasteiger partial charge on any atom is 0.240 e. The number of ether oxygens (including phenoxy) is 1. The van der Waals surface area contributed by atoms with Gasteiger partial charge in [-0.25, -0.2) is 13.1 Å². The van der Waals surface area contributed by atoms with Crippen LogP contribution in [0.4, 0.5) is 0 Å². The van der Waals surface area contributed by atoms with Crippen molar-refractivity contribution in [2.75, 3.05) is 27.3 Å². The highest BCUT2D eigenvalue weighted by Crippen LogP contribution is 2.16. The molecule has 0 saturated heterocycles. The van der Waals surface area contributed by atoms with Crippen LogP contribution in [0.15, 0.2) is 46.3 Å². The van der Waals surface area contributed by atoms with Gasteiger partial charge in [0.2, 0.25) is 10.0 Å². The number of methoxy groups -OCH3 is 1. The normalized spacial score (nSPS) is 12.9. The van der Waals surface area contributed by atoms with Gasteiger partial charge in [-0.15, -0.1) is 35.3 Å². The molecule has 3 N–H and O–H groups in total. The molecule has 1 aromatic carbocycles. The van der Waals surface area contributed by atoms with Crippen molar-refractivity contribution in [3.05, 3.63) is 51.7 Å². The van der Waals surface area contributed by atoms with E-state index in [1.165, 1.54) is 16.9 Å². The van der Waals surface area contributed by atoms with Gasteiger partial charge in [-0.05, 0) is 43.7 Å². The molecule has 0 aliphatic heterocycles. The molecule has 0 amide bonds.